The molecule has 1 aliphatic carbocycles. The summed E-state index contributed by atoms with van der Waals surface area (Å²) in [5.74, 6) is 0.385. The fourth-order valence-corrected chi connectivity index (χ4v) is 2.42. The van der Waals surface area contributed by atoms with Crippen LogP contribution in [0.5, 0.6) is 0 Å². The molecular weight excluding hydrogens is 208 g/mol. The second kappa shape index (κ2) is 5.28. The van der Waals surface area contributed by atoms with Crippen molar-refractivity contribution in [1.82, 2.24) is 4.90 Å². The molecule has 3 atom stereocenters. The standard InChI is InChI=1S/C15H20N2/c1-4-6-9-12(5-2)15-16-13-10-7-8-11-14(13)17(15)3/h4-8,10-12,14-15H,2,9H2,1,3H3/b6-4+. The number of hydrogen-bond donors (Lipinski definition) is 0. The fraction of sp³-hybridized carbons (Fsp3) is 0.400. The summed E-state index contributed by atoms with van der Waals surface area (Å²) in [5, 5.41) is 0. The first-order valence-electron chi connectivity index (χ1n) is 6.16. The van der Waals surface area contributed by atoms with Gasteiger partial charge in [0.05, 0.1) is 11.8 Å². The van der Waals surface area contributed by atoms with E-state index in [0.29, 0.717) is 12.0 Å². The minimum Gasteiger partial charge on any atom is -0.272 e. The van der Waals surface area contributed by atoms with Gasteiger partial charge in [0.25, 0.3) is 0 Å². The summed E-state index contributed by atoms with van der Waals surface area (Å²) in [6.45, 7) is 6.00. The highest BCUT2D eigenvalue weighted by Crippen LogP contribution is 2.27. The van der Waals surface area contributed by atoms with Crippen LogP contribution >= 0.6 is 0 Å². The van der Waals surface area contributed by atoms with Gasteiger partial charge in [0.2, 0.25) is 0 Å². The van der Waals surface area contributed by atoms with Crippen molar-refractivity contribution in [1.29, 1.82) is 0 Å². The van der Waals surface area contributed by atoms with Crippen molar-refractivity contribution < 1.29 is 0 Å². The van der Waals surface area contributed by atoms with Gasteiger partial charge < -0.3 is 0 Å². The number of hydrogen-bond acceptors (Lipinski definition) is 2. The Morgan fingerprint density at radius 1 is 1.53 bits per heavy atom. The molecule has 0 radical (unpaired) electrons. The Morgan fingerprint density at radius 2 is 2.35 bits per heavy atom. The Bertz CT molecular complexity index is 401. The van der Waals surface area contributed by atoms with Crippen LogP contribution in [0, 0.1) is 5.92 Å². The van der Waals surface area contributed by atoms with Gasteiger partial charge in [0.1, 0.15) is 6.17 Å². The predicted octanol–water partition coefficient (Wildman–Crippen LogP) is 2.96. The van der Waals surface area contributed by atoms with Crippen LogP contribution in [0.3, 0.4) is 0 Å². The summed E-state index contributed by atoms with van der Waals surface area (Å²) >= 11 is 0. The molecule has 0 N–H and O–H groups in total. The lowest BCUT2D eigenvalue weighted by molar-refractivity contribution is 0.224. The molecular formula is C15H20N2. The summed E-state index contributed by atoms with van der Waals surface area (Å²) < 4.78 is 0. The molecule has 0 amide bonds. The van der Waals surface area contributed by atoms with E-state index in [0.717, 1.165) is 6.42 Å². The Hall–Kier alpha value is -1.41. The average Bonchev–Trinajstić information content (AvgIpc) is 2.69. The quantitative estimate of drug-likeness (QED) is 0.675. The largest absolute Gasteiger partial charge is 0.272 e. The van der Waals surface area contributed by atoms with E-state index in [1.165, 1.54) is 5.71 Å². The maximum atomic E-state index is 4.81. The van der Waals surface area contributed by atoms with E-state index in [4.69, 9.17) is 4.99 Å². The maximum Gasteiger partial charge on any atom is 0.109 e. The van der Waals surface area contributed by atoms with Crippen LogP contribution in [0.1, 0.15) is 13.3 Å². The molecule has 0 saturated carbocycles. The summed E-state index contributed by atoms with van der Waals surface area (Å²) in [6, 6.07) is 0.345. The smallest absolute Gasteiger partial charge is 0.109 e. The lowest BCUT2D eigenvalue weighted by atomic mass is 10.0. The van der Waals surface area contributed by atoms with Gasteiger partial charge in [-0.25, -0.2) is 0 Å². The van der Waals surface area contributed by atoms with Crippen LogP contribution in [0.4, 0.5) is 0 Å². The van der Waals surface area contributed by atoms with Crippen molar-refractivity contribution in [2.75, 3.05) is 7.05 Å². The van der Waals surface area contributed by atoms with E-state index >= 15 is 0 Å². The summed E-state index contributed by atoms with van der Waals surface area (Å²) in [6.07, 6.45) is 16.0. The SMILES string of the molecule is C=CC(C/C=C/C)C1N=C2C=CC=CC2N1C. The lowest BCUT2D eigenvalue weighted by Crippen LogP contribution is -2.38. The number of fused-ring (bicyclic) bond motifs is 1. The molecule has 0 aromatic heterocycles. The molecule has 0 spiro atoms. The molecule has 1 heterocycles. The lowest BCUT2D eigenvalue weighted by Gasteiger charge is -2.27. The number of aliphatic imine (C=N–C) groups is 1. The molecule has 2 heteroatoms. The van der Waals surface area contributed by atoms with Crippen molar-refractivity contribution in [3.8, 4) is 0 Å². The van der Waals surface area contributed by atoms with Crippen molar-refractivity contribution in [3.05, 3.63) is 49.1 Å². The van der Waals surface area contributed by atoms with Crippen LogP contribution in [0.2, 0.25) is 0 Å². The average molecular weight is 228 g/mol. The van der Waals surface area contributed by atoms with Gasteiger partial charge in [-0.3, -0.25) is 9.89 Å². The minimum absolute atomic E-state index is 0.219. The highest BCUT2D eigenvalue weighted by atomic mass is 15.3. The molecule has 0 aromatic carbocycles. The zero-order valence-electron chi connectivity index (χ0n) is 10.6. The Morgan fingerprint density at radius 3 is 3.00 bits per heavy atom. The second-order valence-corrected chi connectivity index (χ2v) is 4.53. The summed E-state index contributed by atoms with van der Waals surface area (Å²) in [7, 11) is 2.14. The highest BCUT2D eigenvalue weighted by molar-refractivity contribution is 6.03. The normalized spacial score (nSPS) is 29.4. The summed E-state index contributed by atoms with van der Waals surface area (Å²) in [5.41, 5.74) is 1.17. The van der Waals surface area contributed by atoms with Gasteiger partial charge in [-0.1, -0.05) is 36.5 Å². The molecule has 1 aliphatic heterocycles. The monoisotopic (exact) mass is 228 g/mol. The third-order valence-electron chi connectivity index (χ3n) is 3.44. The number of likely N-dealkylation sites (N-methyl/N-ethyl adjacent to an activating group) is 1. The molecule has 0 aromatic rings. The van der Waals surface area contributed by atoms with Crippen LogP contribution < -0.4 is 0 Å². The summed E-state index contributed by atoms with van der Waals surface area (Å²) in [4.78, 5) is 7.14. The van der Waals surface area contributed by atoms with Gasteiger partial charge >= 0.3 is 0 Å². The van der Waals surface area contributed by atoms with Gasteiger partial charge in [-0.05, 0) is 26.5 Å². The van der Waals surface area contributed by atoms with Gasteiger partial charge in [0, 0.05) is 5.92 Å². The van der Waals surface area contributed by atoms with E-state index < -0.39 is 0 Å². The third-order valence-corrected chi connectivity index (χ3v) is 3.44. The van der Waals surface area contributed by atoms with E-state index in [-0.39, 0.29) is 6.17 Å². The van der Waals surface area contributed by atoms with E-state index in [2.05, 4.69) is 61.9 Å². The number of nitrogens with zero attached hydrogens (tertiary/aromatic N) is 2. The number of rotatable bonds is 4. The second-order valence-electron chi connectivity index (χ2n) is 4.53. The topological polar surface area (TPSA) is 15.6 Å². The highest BCUT2D eigenvalue weighted by Gasteiger charge is 2.34. The first kappa shape index (κ1) is 12.1. The van der Waals surface area contributed by atoms with E-state index in [9.17, 15) is 0 Å². The van der Waals surface area contributed by atoms with Crippen molar-refractivity contribution in [2.45, 2.75) is 25.6 Å². The molecule has 90 valence electrons. The van der Waals surface area contributed by atoms with Crippen LogP contribution in [0.15, 0.2) is 54.1 Å². The van der Waals surface area contributed by atoms with Crippen LogP contribution in [-0.4, -0.2) is 29.9 Å². The molecule has 3 unspecified atom stereocenters. The van der Waals surface area contributed by atoms with E-state index in [1.807, 2.05) is 6.08 Å². The van der Waals surface area contributed by atoms with Crippen molar-refractivity contribution in [3.63, 3.8) is 0 Å². The van der Waals surface area contributed by atoms with Crippen molar-refractivity contribution >= 4 is 5.71 Å². The van der Waals surface area contributed by atoms with Gasteiger partial charge in [0.15, 0.2) is 0 Å². The zero-order valence-corrected chi connectivity index (χ0v) is 10.6. The Kier molecular flexibility index (Phi) is 3.75. The molecule has 17 heavy (non-hydrogen) atoms. The van der Waals surface area contributed by atoms with E-state index in [1.54, 1.807) is 0 Å². The minimum atomic E-state index is 0.219. The molecule has 0 bridgehead atoms. The molecule has 2 aliphatic rings. The van der Waals surface area contributed by atoms with Crippen LogP contribution in [0.25, 0.3) is 0 Å². The maximum absolute atomic E-state index is 4.81. The van der Waals surface area contributed by atoms with Crippen LogP contribution in [-0.2, 0) is 0 Å². The first-order valence-corrected chi connectivity index (χ1v) is 6.16. The number of allylic oxidation sites excluding steroid dienone is 4. The first-order chi connectivity index (χ1) is 8.27. The molecule has 2 rings (SSSR count). The Labute approximate surface area is 104 Å². The molecule has 2 nitrogen and oxygen atoms in total. The predicted molar refractivity (Wildman–Crippen MR) is 74.2 cm³/mol. The zero-order chi connectivity index (χ0) is 12.3. The third kappa shape index (κ3) is 2.32. The molecule has 0 fully saturated rings. The van der Waals surface area contributed by atoms with Crippen molar-refractivity contribution in [2.24, 2.45) is 10.9 Å². The molecule has 0 saturated heterocycles. The van der Waals surface area contributed by atoms with Gasteiger partial charge in [-0.15, -0.1) is 6.58 Å². The fourth-order valence-electron chi connectivity index (χ4n) is 2.42. The van der Waals surface area contributed by atoms with Gasteiger partial charge in [-0.2, -0.15) is 0 Å². The Balaban J connectivity index is 2.16.